The van der Waals surface area contributed by atoms with Crippen LogP contribution in [0.5, 0.6) is 0 Å². The van der Waals surface area contributed by atoms with Gasteiger partial charge >= 0.3 is 5.97 Å². The van der Waals surface area contributed by atoms with Crippen molar-refractivity contribution >= 4 is 5.97 Å². The van der Waals surface area contributed by atoms with Crippen LogP contribution in [0.15, 0.2) is 12.7 Å². The molecule has 12 unspecified atom stereocenters. The Morgan fingerprint density at radius 1 is 0.352 bits per heavy atom. The first-order chi connectivity index (χ1) is 25.5. The van der Waals surface area contributed by atoms with Crippen LogP contribution >= 0.6 is 0 Å². The summed E-state index contributed by atoms with van der Waals surface area (Å²) in [5.74, 6) is -0.468. The van der Waals surface area contributed by atoms with Crippen LogP contribution in [0.2, 0.25) is 0 Å². The van der Waals surface area contributed by atoms with Gasteiger partial charge in [0, 0.05) is 13.2 Å². The van der Waals surface area contributed by atoms with E-state index in [2.05, 4.69) is 6.58 Å². The summed E-state index contributed by atoms with van der Waals surface area (Å²) >= 11 is 0. The monoisotopic (exact) mass is 783 g/mol. The minimum atomic E-state index is -0.468. The average molecular weight is 783 g/mol. The minimum Gasteiger partial charge on any atom is -0.460 e. The van der Waals surface area contributed by atoms with Gasteiger partial charge in [-0.25, -0.2) is 4.79 Å². The first-order valence-electron chi connectivity index (χ1n) is 19.6. The number of carbonyl (C=O) groups is 1. The molecular weight excluding hydrogens is 704 g/mol. The standard InChI is InChI=1S/C40H78O14/c1-15-40(41)54-27-39(13)53-26-38(12)52-25-37(11)51-24-36(10)50-23-35(9)49-22-34(8)48-21-33(7)47-20-32(6)46-19-31(5)45-18-30(4)44-17-29(3)43-16-28(2)42-14/h15,28-39H,1,16-27H2,2-14H3. The van der Waals surface area contributed by atoms with Crippen molar-refractivity contribution in [2.24, 2.45) is 0 Å². The molecule has 0 aliphatic heterocycles. The van der Waals surface area contributed by atoms with Crippen molar-refractivity contribution in [3.8, 4) is 0 Å². The molecule has 0 spiro atoms. The zero-order valence-electron chi connectivity index (χ0n) is 35.9. The lowest BCUT2D eigenvalue weighted by Gasteiger charge is -2.23. The van der Waals surface area contributed by atoms with Crippen molar-refractivity contribution in [2.45, 2.75) is 156 Å². The van der Waals surface area contributed by atoms with Crippen molar-refractivity contribution in [3.63, 3.8) is 0 Å². The van der Waals surface area contributed by atoms with Crippen LogP contribution in [0.25, 0.3) is 0 Å². The topological polar surface area (TPSA) is 137 Å². The Balaban J connectivity index is 3.96. The SMILES string of the molecule is C=CC(=O)OCC(C)OCC(C)OCC(C)OCC(C)OCC(C)OCC(C)OCC(C)OCC(C)OCC(C)OCC(C)OCC(C)OCC(C)OC. The Labute approximate surface area is 327 Å². The van der Waals surface area contributed by atoms with Gasteiger partial charge in [-0.2, -0.15) is 0 Å². The Morgan fingerprint density at radius 3 is 0.685 bits per heavy atom. The van der Waals surface area contributed by atoms with Crippen LogP contribution in [0.3, 0.4) is 0 Å². The molecule has 12 atom stereocenters. The molecule has 0 N–H and O–H groups in total. The maximum Gasteiger partial charge on any atom is 0.330 e. The number of methoxy groups -OCH3 is 1. The maximum atomic E-state index is 11.2. The van der Waals surface area contributed by atoms with E-state index >= 15 is 0 Å². The third kappa shape index (κ3) is 31.9. The Morgan fingerprint density at radius 2 is 0.519 bits per heavy atom. The molecule has 0 aromatic rings. The molecule has 0 fully saturated rings. The van der Waals surface area contributed by atoms with E-state index in [1.165, 1.54) is 0 Å². The van der Waals surface area contributed by atoms with Gasteiger partial charge in [0.15, 0.2) is 0 Å². The molecular formula is C40H78O14. The van der Waals surface area contributed by atoms with Crippen LogP contribution < -0.4 is 0 Å². The van der Waals surface area contributed by atoms with Crippen LogP contribution in [-0.2, 0) is 66.4 Å². The zero-order chi connectivity index (χ0) is 40.9. The third-order valence-electron chi connectivity index (χ3n) is 7.80. The normalized spacial score (nSPS) is 18.8. The van der Waals surface area contributed by atoms with Gasteiger partial charge in [-0.15, -0.1) is 0 Å². The lowest BCUT2D eigenvalue weighted by Crippen LogP contribution is -2.31. The molecule has 0 rings (SSSR count). The van der Waals surface area contributed by atoms with E-state index in [4.69, 9.17) is 61.6 Å². The van der Waals surface area contributed by atoms with E-state index < -0.39 is 5.97 Å². The zero-order valence-corrected chi connectivity index (χ0v) is 35.9. The molecule has 0 saturated heterocycles. The van der Waals surface area contributed by atoms with Crippen LogP contribution in [0.4, 0.5) is 0 Å². The molecule has 0 heterocycles. The molecule has 0 aliphatic carbocycles. The number of ether oxygens (including phenoxy) is 13. The van der Waals surface area contributed by atoms with Gasteiger partial charge in [-0.05, 0) is 83.1 Å². The highest BCUT2D eigenvalue weighted by atomic mass is 16.6. The summed E-state index contributed by atoms with van der Waals surface area (Å²) in [6.07, 6.45) is 0.0755. The van der Waals surface area contributed by atoms with Crippen molar-refractivity contribution < 1.29 is 66.4 Å². The van der Waals surface area contributed by atoms with Gasteiger partial charge in [0.05, 0.1) is 146 Å². The van der Waals surface area contributed by atoms with Crippen molar-refractivity contribution in [2.75, 3.05) is 86.4 Å². The molecule has 0 saturated carbocycles. The van der Waals surface area contributed by atoms with Gasteiger partial charge in [-0.1, -0.05) is 6.58 Å². The highest BCUT2D eigenvalue weighted by Gasteiger charge is 2.16. The molecule has 0 radical (unpaired) electrons. The molecule has 322 valence electrons. The molecule has 0 amide bonds. The van der Waals surface area contributed by atoms with E-state index in [9.17, 15) is 4.79 Å². The Kier molecular flexibility index (Phi) is 32.0. The van der Waals surface area contributed by atoms with E-state index in [-0.39, 0.29) is 79.9 Å². The highest BCUT2D eigenvalue weighted by Crippen LogP contribution is 2.07. The van der Waals surface area contributed by atoms with Crippen LogP contribution in [-0.4, -0.2) is 166 Å². The molecule has 14 nitrogen and oxygen atoms in total. The first kappa shape index (κ1) is 52.7. The van der Waals surface area contributed by atoms with E-state index in [1.54, 1.807) is 7.11 Å². The summed E-state index contributed by atoms with van der Waals surface area (Å²) in [7, 11) is 1.67. The Bertz CT molecular complexity index is 897. The van der Waals surface area contributed by atoms with Crippen molar-refractivity contribution in [1.82, 2.24) is 0 Å². The van der Waals surface area contributed by atoms with E-state index in [1.807, 2.05) is 83.1 Å². The second kappa shape index (κ2) is 32.8. The van der Waals surface area contributed by atoms with Crippen LogP contribution in [0, 0.1) is 0 Å². The molecule has 0 aliphatic rings. The summed E-state index contributed by atoms with van der Waals surface area (Å²) in [5.41, 5.74) is 0. The number of rotatable bonds is 37. The summed E-state index contributed by atoms with van der Waals surface area (Å²) in [6, 6.07) is 0. The summed E-state index contributed by atoms with van der Waals surface area (Å²) in [6.45, 7) is 32.0. The largest absolute Gasteiger partial charge is 0.460 e. The highest BCUT2D eigenvalue weighted by molar-refractivity contribution is 5.81. The lowest BCUT2D eigenvalue weighted by atomic mass is 10.3. The quantitative estimate of drug-likeness (QED) is 0.0603. The van der Waals surface area contributed by atoms with Gasteiger partial charge in [0.25, 0.3) is 0 Å². The molecule has 0 bridgehead atoms. The third-order valence-corrected chi connectivity index (χ3v) is 7.80. The number of carbonyl (C=O) groups excluding carboxylic acids is 1. The van der Waals surface area contributed by atoms with Gasteiger partial charge in [0.2, 0.25) is 0 Å². The average Bonchev–Trinajstić information content (AvgIpc) is 3.16. The fourth-order valence-electron chi connectivity index (χ4n) is 4.15. The van der Waals surface area contributed by atoms with Gasteiger partial charge < -0.3 is 61.6 Å². The van der Waals surface area contributed by atoms with Gasteiger partial charge in [0.1, 0.15) is 6.61 Å². The maximum absolute atomic E-state index is 11.2. The second-order valence-corrected chi connectivity index (χ2v) is 14.5. The fourth-order valence-corrected chi connectivity index (χ4v) is 4.15. The molecule has 0 aromatic carbocycles. The molecule has 54 heavy (non-hydrogen) atoms. The smallest absolute Gasteiger partial charge is 0.330 e. The fraction of sp³-hybridized carbons (Fsp3) is 0.925. The summed E-state index contributed by atoms with van der Waals surface area (Å²) in [5, 5.41) is 0. The molecule has 0 aromatic heterocycles. The lowest BCUT2D eigenvalue weighted by molar-refractivity contribution is -0.143. The first-order valence-corrected chi connectivity index (χ1v) is 19.6. The summed E-state index contributed by atoms with van der Waals surface area (Å²) in [4.78, 5) is 11.2. The van der Waals surface area contributed by atoms with E-state index in [0.717, 1.165) is 6.08 Å². The van der Waals surface area contributed by atoms with Gasteiger partial charge in [-0.3, -0.25) is 0 Å². The number of hydrogen-bond acceptors (Lipinski definition) is 14. The Hall–Kier alpha value is -1.27. The number of hydrogen-bond donors (Lipinski definition) is 0. The van der Waals surface area contributed by atoms with Crippen molar-refractivity contribution in [3.05, 3.63) is 12.7 Å². The summed E-state index contributed by atoms with van der Waals surface area (Å²) < 4.78 is 74.7. The predicted molar refractivity (Wildman–Crippen MR) is 207 cm³/mol. The van der Waals surface area contributed by atoms with Crippen LogP contribution in [0.1, 0.15) is 83.1 Å². The second-order valence-electron chi connectivity index (χ2n) is 14.5. The van der Waals surface area contributed by atoms with E-state index in [0.29, 0.717) is 72.7 Å². The minimum absolute atomic E-state index is 0.0159. The predicted octanol–water partition coefficient (Wildman–Crippen LogP) is 5.21. The van der Waals surface area contributed by atoms with Crippen molar-refractivity contribution in [1.29, 1.82) is 0 Å². The molecule has 14 heteroatoms. The number of esters is 1.